The van der Waals surface area contributed by atoms with Gasteiger partial charge in [-0.2, -0.15) is 0 Å². The van der Waals surface area contributed by atoms with Crippen LogP contribution >= 0.6 is 35.8 Å². The molecule has 0 saturated carbocycles. The van der Waals surface area contributed by atoms with Gasteiger partial charge in [0.05, 0.1) is 26.5 Å². The summed E-state index contributed by atoms with van der Waals surface area (Å²) in [5.74, 6) is -0.101. The molecule has 5 nitrogen and oxygen atoms in total. The van der Waals surface area contributed by atoms with E-state index < -0.39 is 6.03 Å². The summed E-state index contributed by atoms with van der Waals surface area (Å²) in [6.45, 7) is 0. The fraction of sp³-hybridized carbons (Fsp3) is 0. The van der Waals surface area contributed by atoms with Crippen molar-refractivity contribution in [2.45, 2.75) is 0 Å². The average molecular weight is 352 g/mol. The number of carbonyl (C=O) groups is 1. The quantitative estimate of drug-likeness (QED) is 0.609. The topological polar surface area (TPSA) is 79.5 Å². The Hall–Kier alpha value is -1.96. The lowest BCUT2D eigenvalue weighted by atomic mass is 10.2. The van der Waals surface area contributed by atoms with E-state index in [1.807, 2.05) is 24.3 Å². The van der Waals surface area contributed by atoms with Crippen molar-refractivity contribution in [1.29, 1.82) is 0 Å². The Morgan fingerprint density at radius 1 is 1.36 bits per heavy atom. The number of phenolic OH excluding ortho intramolecular Hbond substituents is 1. The normalized spacial score (nSPS) is 10.8. The summed E-state index contributed by atoms with van der Waals surface area (Å²) in [5, 5.41) is 10.9. The number of hydrogen-bond donors (Lipinski definition) is 3. The van der Waals surface area contributed by atoms with Crippen molar-refractivity contribution < 1.29 is 9.90 Å². The SMILES string of the molecule is NC(=O)N(S)c1cc(Cl)c(O)c(-c2nc3ccccc3s2)c1. The number of amides is 2. The summed E-state index contributed by atoms with van der Waals surface area (Å²) >= 11 is 11.5. The van der Waals surface area contributed by atoms with Crippen molar-refractivity contribution in [3.63, 3.8) is 0 Å². The van der Waals surface area contributed by atoms with Gasteiger partial charge in [0.15, 0.2) is 0 Å². The van der Waals surface area contributed by atoms with E-state index in [4.69, 9.17) is 17.3 Å². The molecule has 0 radical (unpaired) electrons. The van der Waals surface area contributed by atoms with Gasteiger partial charge in [0.1, 0.15) is 10.8 Å². The number of halogens is 1. The van der Waals surface area contributed by atoms with Crippen molar-refractivity contribution in [2.75, 3.05) is 4.31 Å². The molecule has 0 bridgehead atoms. The van der Waals surface area contributed by atoms with Crippen molar-refractivity contribution in [3.05, 3.63) is 41.4 Å². The number of nitrogens with two attached hydrogens (primary N) is 1. The maximum atomic E-state index is 11.2. The molecule has 0 aliphatic rings. The number of urea groups is 1. The van der Waals surface area contributed by atoms with E-state index in [2.05, 4.69) is 17.8 Å². The number of anilines is 1. The van der Waals surface area contributed by atoms with Crippen molar-refractivity contribution in [1.82, 2.24) is 4.98 Å². The van der Waals surface area contributed by atoms with Crippen LogP contribution in [0.1, 0.15) is 0 Å². The van der Waals surface area contributed by atoms with Gasteiger partial charge in [0.25, 0.3) is 0 Å². The van der Waals surface area contributed by atoms with Crippen LogP contribution in [0, 0.1) is 0 Å². The molecule has 0 saturated heterocycles. The predicted molar refractivity (Wildman–Crippen MR) is 92.8 cm³/mol. The van der Waals surface area contributed by atoms with Crippen molar-refractivity contribution in [3.8, 4) is 16.3 Å². The number of para-hydroxylation sites is 1. The lowest BCUT2D eigenvalue weighted by molar-refractivity contribution is 0.257. The third-order valence-corrected chi connectivity index (χ3v) is 4.81. The Balaban J connectivity index is 2.18. The second-order valence-corrected chi connectivity index (χ2v) is 6.30. The standard InChI is InChI=1S/C14H10ClN3O2S2/c15-9-6-7(18(21)14(16)20)5-8(12(9)19)13-17-10-3-1-2-4-11(10)22-13/h1-6,19,21H,(H2,16,20). The minimum atomic E-state index is -0.750. The van der Waals surface area contributed by atoms with E-state index in [9.17, 15) is 9.90 Å². The molecule has 8 heteroatoms. The van der Waals surface area contributed by atoms with Gasteiger partial charge < -0.3 is 10.8 Å². The summed E-state index contributed by atoms with van der Waals surface area (Å²) in [6.07, 6.45) is 0. The van der Waals surface area contributed by atoms with Crippen LogP contribution in [0.15, 0.2) is 36.4 Å². The van der Waals surface area contributed by atoms with Crippen LogP contribution in [-0.4, -0.2) is 16.1 Å². The summed E-state index contributed by atoms with van der Waals surface area (Å²) in [6, 6.07) is 9.84. The molecule has 0 fully saturated rings. The third kappa shape index (κ3) is 2.58. The first-order valence-corrected chi connectivity index (χ1v) is 7.73. The van der Waals surface area contributed by atoms with E-state index in [-0.39, 0.29) is 10.8 Å². The highest BCUT2D eigenvalue weighted by atomic mass is 35.5. The second-order valence-electron chi connectivity index (χ2n) is 4.46. The molecule has 0 atom stereocenters. The van der Waals surface area contributed by atoms with Crippen LogP contribution in [0.2, 0.25) is 5.02 Å². The minimum Gasteiger partial charge on any atom is -0.506 e. The highest BCUT2D eigenvalue weighted by Gasteiger charge is 2.18. The van der Waals surface area contributed by atoms with Gasteiger partial charge in [-0.1, -0.05) is 36.5 Å². The lowest BCUT2D eigenvalue weighted by Crippen LogP contribution is -2.27. The number of primary amides is 1. The molecule has 22 heavy (non-hydrogen) atoms. The van der Waals surface area contributed by atoms with E-state index in [0.717, 1.165) is 14.5 Å². The number of thiazole rings is 1. The number of phenols is 1. The molecule has 112 valence electrons. The molecule has 2 aromatic carbocycles. The summed E-state index contributed by atoms with van der Waals surface area (Å²) in [5.41, 5.74) is 6.79. The molecule has 0 aliphatic carbocycles. The Morgan fingerprint density at radius 2 is 2.09 bits per heavy atom. The highest BCUT2D eigenvalue weighted by Crippen LogP contribution is 2.42. The van der Waals surface area contributed by atoms with Gasteiger partial charge in [-0.05, 0) is 24.3 Å². The Bertz CT molecular complexity index is 849. The molecule has 1 heterocycles. The number of aromatic nitrogens is 1. The van der Waals surface area contributed by atoms with Crippen LogP contribution in [-0.2, 0) is 0 Å². The zero-order valence-electron chi connectivity index (χ0n) is 11.0. The van der Waals surface area contributed by atoms with Gasteiger partial charge in [0, 0.05) is 0 Å². The fourth-order valence-electron chi connectivity index (χ4n) is 1.98. The number of aromatic hydroxyl groups is 1. The van der Waals surface area contributed by atoms with Crippen molar-refractivity contribution >= 4 is 57.7 Å². The molecular formula is C14H10ClN3O2S2. The molecule has 0 unspecified atom stereocenters. The fourth-order valence-corrected chi connectivity index (χ4v) is 3.30. The summed E-state index contributed by atoms with van der Waals surface area (Å²) in [4.78, 5) is 15.7. The number of nitrogens with zero attached hydrogens (tertiary/aromatic N) is 2. The number of rotatable bonds is 2. The minimum absolute atomic E-state index is 0.0899. The van der Waals surface area contributed by atoms with Crippen LogP contribution in [0.3, 0.4) is 0 Å². The highest BCUT2D eigenvalue weighted by molar-refractivity contribution is 7.82. The summed E-state index contributed by atoms with van der Waals surface area (Å²) in [7, 11) is 0. The zero-order valence-corrected chi connectivity index (χ0v) is 13.5. The van der Waals surface area contributed by atoms with Crippen LogP contribution in [0.5, 0.6) is 5.75 Å². The van der Waals surface area contributed by atoms with Gasteiger partial charge in [-0.15, -0.1) is 11.3 Å². The van der Waals surface area contributed by atoms with E-state index in [1.165, 1.54) is 17.4 Å². The average Bonchev–Trinajstić information content (AvgIpc) is 2.92. The van der Waals surface area contributed by atoms with Gasteiger partial charge >= 0.3 is 6.03 Å². The number of hydrogen-bond acceptors (Lipinski definition) is 5. The molecule has 3 aromatic rings. The van der Waals surface area contributed by atoms with Gasteiger partial charge in [-0.3, -0.25) is 0 Å². The first-order chi connectivity index (χ1) is 10.5. The number of thiol groups is 1. The molecule has 2 amide bonds. The van der Waals surface area contributed by atoms with Crippen LogP contribution < -0.4 is 10.0 Å². The monoisotopic (exact) mass is 351 g/mol. The number of benzene rings is 2. The summed E-state index contributed by atoms with van der Waals surface area (Å²) < 4.78 is 1.93. The smallest absolute Gasteiger partial charge is 0.329 e. The zero-order chi connectivity index (χ0) is 15.9. The third-order valence-electron chi connectivity index (χ3n) is 3.03. The van der Waals surface area contributed by atoms with Crippen molar-refractivity contribution in [2.24, 2.45) is 5.73 Å². The molecule has 1 aromatic heterocycles. The molecule has 0 spiro atoms. The molecule has 3 rings (SSSR count). The predicted octanol–water partition coefficient (Wildman–Crippen LogP) is 4.05. The van der Waals surface area contributed by atoms with E-state index in [1.54, 1.807) is 6.07 Å². The maximum Gasteiger partial charge on any atom is 0.329 e. The Morgan fingerprint density at radius 3 is 2.77 bits per heavy atom. The largest absolute Gasteiger partial charge is 0.506 e. The molecular weight excluding hydrogens is 342 g/mol. The molecule has 0 aliphatic heterocycles. The first kappa shape index (κ1) is 15.0. The number of fused-ring (bicyclic) bond motifs is 1. The van der Waals surface area contributed by atoms with Gasteiger partial charge in [0.2, 0.25) is 0 Å². The molecule has 3 N–H and O–H groups in total. The Kier molecular flexibility index (Phi) is 3.86. The van der Waals surface area contributed by atoms with E-state index in [0.29, 0.717) is 16.3 Å². The second kappa shape index (κ2) is 5.68. The maximum absolute atomic E-state index is 11.2. The Labute approximate surface area is 140 Å². The lowest BCUT2D eigenvalue weighted by Gasteiger charge is -2.15. The van der Waals surface area contributed by atoms with Crippen LogP contribution in [0.4, 0.5) is 10.5 Å². The van der Waals surface area contributed by atoms with Crippen LogP contribution in [0.25, 0.3) is 20.8 Å². The van der Waals surface area contributed by atoms with E-state index >= 15 is 0 Å². The first-order valence-electron chi connectivity index (χ1n) is 6.14. The number of carbonyl (C=O) groups excluding carboxylic acids is 1. The van der Waals surface area contributed by atoms with Gasteiger partial charge in [-0.25, -0.2) is 14.1 Å².